The molecule has 0 saturated carbocycles. The Hall–Kier alpha value is -2.57. The zero-order chi connectivity index (χ0) is 22.4. The van der Waals surface area contributed by atoms with Gasteiger partial charge in [0.05, 0.1) is 17.0 Å². The maximum atomic E-state index is 12.7. The Kier molecular flexibility index (Phi) is 7.57. The number of benzene rings is 2. The zero-order valence-electron chi connectivity index (χ0n) is 17.5. The topological polar surface area (TPSA) is 102 Å². The molecule has 0 fully saturated rings. The summed E-state index contributed by atoms with van der Waals surface area (Å²) in [6.45, 7) is 3.59. The van der Waals surface area contributed by atoms with Crippen molar-refractivity contribution in [2.75, 3.05) is 17.7 Å². The van der Waals surface area contributed by atoms with E-state index in [2.05, 4.69) is 5.32 Å². The van der Waals surface area contributed by atoms with Gasteiger partial charge in [-0.05, 0) is 59.7 Å². The maximum absolute atomic E-state index is 12.7. The highest BCUT2D eigenvalue weighted by Gasteiger charge is 2.21. The predicted molar refractivity (Wildman–Crippen MR) is 127 cm³/mol. The van der Waals surface area contributed by atoms with Crippen LogP contribution in [0.3, 0.4) is 0 Å². The van der Waals surface area contributed by atoms with E-state index >= 15 is 0 Å². The van der Waals surface area contributed by atoms with Crippen LogP contribution in [0, 0.1) is 0 Å². The molecule has 0 aliphatic carbocycles. The summed E-state index contributed by atoms with van der Waals surface area (Å²) in [6, 6.07) is 16.4. The second-order valence-electron chi connectivity index (χ2n) is 7.82. The van der Waals surface area contributed by atoms with Gasteiger partial charge in [0, 0.05) is 22.4 Å². The van der Waals surface area contributed by atoms with Crippen LogP contribution in [0.4, 0.5) is 11.4 Å². The first-order valence-corrected chi connectivity index (χ1v) is 12.1. The molecule has 31 heavy (non-hydrogen) atoms. The second kappa shape index (κ2) is 10.2. The Bertz CT molecular complexity index is 1040. The lowest BCUT2D eigenvalue weighted by Gasteiger charge is -2.13. The molecule has 3 aromatic rings. The lowest BCUT2D eigenvalue weighted by atomic mass is 10.1. The average Bonchev–Trinajstić information content (AvgIpc) is 3.24. The number of nitrogens with two attached hydrogens (primary N) is 1. The molecule has 8 heteroatoms. The van der Waals surface area contributed by atoms with E-state index in [-0.39, 0.29) is 18.7 Å². The monoisotopic (exact) mass is 457 g/mol. The summed E-state index contributed by atoms with van der Waals surface area (Å²) in [5.41, 5.74) is 8.51. The van der Waals surface area contributed by atoms with Crippen molar-refractivity contribution in [3.8, 4) is 10.4 Å². The standard InChI is InChI=1S/C23H25N2O4PS/c1-23(2,27)11-12-29-30(28)15-16-5-7-17(8-6-16)22(26)25-20-14-18(9-10-19(20)24)21-4-3-13-31-21/h3-10,13-14,27H,11-12,15,24H2,1-2H3/p+1. The van der Waals surface area contributed by atoms with E-state index in [0.717, 1.165) is 16.0 Å². The Labute approximate surface area is 186 Å². The number of thiophene rings is 1. The first kappa shape index (κ1) is 23.1. The molecule has 0 radical (unpaired) electrons. The predicted octanol–water partition coefficient (Wildman–Crippen LogP) is 5.67. The van der Waals surface area contributed by atoms with Gasteiger partial charge in [-0.3, -0.25) is 4.79 Å². The van der Waals surface area contributed by atoms with Gasteiger partial charge in [0.25, 0.3) is 5.91 Å². The molecule has 0 saturated heterocycles. The minimum absolute atomic E-state index is 0.227. The molecule has 4 N–H and O–H groups in total. The smallest absolute Gasteiger partial charge is 0.397 e. The summed E-state index contributed by atoms with van der Waals surface area (Å²) >= 11 is 1.62. The highest BCUT2D eigenvalue weighted by molar-refractivity contribution is 7.38. The Morgan fingerprint density at radius 1 is 1.19 bits per heavy atom. The molecule has 1 unspecified atom stereocenters. The van der Waals surface area contributed by atoms with Gasteiger partial charge in [-0.15, -0.1) is 15.9 Å². The molecule has 1 aromatic heterocycles. The largest absolute Gasteiger partial charge is 0.512 e. The van der Waals surface area contributed by atoms with Crippen molar-refractivity contribution < 1.29 is 19.0 Å². The number of hydrogen-bond acceptors (Lipinski definition) is 6. The maximum Gasteiger partial charge on any atom is 0.512 e. The van der Waals surface area contributed by atoms with Crippen LogP contribution in [0.15, 0.2) is 60.0 Å². The van der Waals surface area contributed by atoms with Crippen molar-refractivity contribution in [1.29, 1.82) is 0 Å². The van der Waals surface area contributed by atoms with Crippen LogP contribution in [0.2, 0.25) is 0 Å². The number of aliphatic hydroxyl groups is 1. The summed E-state index contributed by atoms with van der Waals surface area (Å²) in [4.78, 5) is 13.8. The molecule has 1 amide bonds. The van der Waals surface area contributed by atoms with E-state index in [0.29, 0.717) is 23.4 Å². The third-order valence-electron chi connectivity index (χ3n) is 4.58. The van der Waals surface area contributed by atoms with Gasteiger partial charge in [-0.1, -0.05) is 24.3 Å². The molecule has 2 aromatic carbocycles. The molecule has 1 atom stereocenters. The van der Waals surface area contributed by atoms with E-state index in [1.807, 2.05) is 29.6 Å². The van der Waals surface area contributed by atoms with Crippen LogP contribution in [0.25, 0.3) is 10.4 Å². The van der Waals surface area contributed by atoms with Crippen LogP contribution >= 0.6 is 19.4 Å². The molecule has 0 aliphatic rings. The first-order chi connectivity index (χ1) is 14.7. The number of carbonyl (C=O) groups excluding carboxylic acids is 1. The number of amides is 1. The van der Waals surface area contributed by atoms with Crippen LogP contribution in [-0.2, 0) is 15.3 Å². The van der Waals surface area contributed by atoms with E-state index in [1.165, 1.54) is 0 Å². The van der Waals surface area contributed by atoms with Gasteiger partial charge in [-0.25, -0.2) is 0 Å². The van der Waals surface area contributed by atoms with Gasteiger partial charge in [0.2, 0.25) is 6.16 Å². The van der Waals surface area contributed by atoms with E-state index < -0.39 is 13.6 Å². The number of carbonyl (C=O) groups is 1. The molecule has 1 heterocycles. The van der Waals surface area contributed by atoms with Gasteiger partial charge < -0.3 is 16.2 Å². The van der Waals surface area contributed by atoms with Gasteiger partial charge in [0.15, 0.2) is 0 Å². The molecule has 162 valence electrons. The van der Waals surface area contributed by atoms with Crippen molar-refractivity contribution in [3.63, 3.8) is 0 Å². The zero-order valence-corrected chi connectivity index (χ0v) is 19.2. The lowest BCUT2D eigenvalue weighted by Crippen LogP contribution is -2.20. The van der Waals surface area contributed by atoms with E-state index in [1.54, 1.807) is 55.5 Å². The van der Waals surface area contributed by atoms with Gasteiger partial charge in [-0.2, -0.15) is 0 Å². The first-order valence-electron chi connectivity index (χ1n) is 9.85. The molecular weight excluding hydrogens is 431 g/mol. The van der Waals surface area contributed by atoms with E-state index in [9.17, 15) is 14.5 Å². The molecule has 3 rings (SSSR count). The Balaban J connectivity index is 1.59. The molecule has 0 aliphatic heterocycles. The Morgan fingerprint density at radius 2 is 1.94 bits per heavy atom. The lowest BCUT2D eigenvalue weighted by molar-refractivity contribution is 0.0565. The summed E-state index contributed by atoms with van der Waals surface area (Å²) in [6.07, 6.45) is 0.656. The number of nitrogen functional groups attached to an aromatic ring is 1. The van der Waals surface area contributed by atoms with Crippen LogP contribution < -0.4 is 11.1 Å². The minimum Gasteiger partial charge on any atom is -0.397 e. The number of nitrogens with one attached hydrogen (secondary N) is 1. The fraction of sp³-hybridized carbons (Fsp3) is 0.261. The quantitative estimate of drug-likeness (QED) is 0.284. The fourth-order valence-corrected chi connectivity index (χ4v) is 4.43. The summed E-state index contributed by atoms with van der Waals surface area (Å²) in [5.74, 6) is -0.271. The van der Waals surface area contributed by atoms with E-state index in [4.69, 9.17) is 10.3 Å². The summed E-state index contributed by atoms with van der Waals surface area (Å²) < 4.78 is 17.4. The SMILES string of the molecule is CC(C)(O)CCO[P+](=O)Cc1ccc(C(=O)Nc2cc(-c3cccs3)ccc2N)cc1. The van der Waals surface area contributed by atoms with Crippen LogP contribution in [0.1, 0.15) is 36.2 Å². The van der Waals surface area contributed by atoms with Crippen LogP contribution in [0.5, 0.6) is 0 Å². The minimum atomic E-state index is -1.88. The molecule has 6 nitrogen and oxygen atoms in total. The van der Waals surface area contributed by atoms with Crippen molar-refractivity contribution in [1.82, 2.24) is 0 Å². The van der Waals surface area contributed by atoms with Crippen molar-refractivity contribution in [3.05, 3.63) is 71.1 Å². The number of rotatable bonds is 9. The fourth-order valence-electron chi connectivity index (χ4n) is 2.81. The summed E-state index contributed by atoms with van der Waals surface area (Å²) in [7, 11) is -1.88. The highest BCUT2D eigenvalue weighted by atomic mass is 32.1. The second-order valence-corrected chi connectivity index (χ2v) is 10.0. The van der Waals surface area contributed by atoms with Crippen molar-refractivity contribution in [2.45, 2.75) is 32.0 Å². The average molecular weight is 458 g/mol. The van der Waals surface area contributed by atoms with Crippen molar-refractivity contribution >= 4 is 36.6 Å². The molecule has 0 spiro atoms. The molecular formula is C23H26N2O4PS+. The molecule has 0 bridgehead atoms. The van der Waals surface area contributed by atoms with Crippen LogP contribution in [-0.4, -0.2) is 23.2 Å². The summed E-state index contributed by atoms with van der Waals surface area (Å²) in [5, 5.41) is 14.5. The third-order valence-corrected chi connectivity index (χ3v) is 6.60. The van der Waals surface area contributed by atoms with Gasteiger partial charge in [0.1, 0.15) is 6.61 Å². The third kappa shape index (κ3) is 6.97. The number of anilines is 2. The number of hydrogen-bond donors (Lipinski definition) is 3. The van der Waals surface area contributed by atoms with Gasteiger partial charge >= 0.3 is 8.03 Å². The normalized spacial score (nSPS) is 11.9. The van der Waals surface area contributed by atoms with Crippen molar-refractivity contribution in [2.24, 2.45) is 0 Å². The highest BCUT2D eigenvalue weighted by Crippen LogP contribution is 2.31. The Morgan fingerprint density at radius 3 is 2.58 bits per heavy atom.